The highest BCUT2D eigenvalue weighted by Crippen LogP contribution is 2.21. The Hall–Kier alpha value is -2.53. The van der Waals surface area contributed by atoms with Gasteiger partial charge in [0.2, 0.25) is 11.8 Å². The number of nitrogens with zero attached hydrogens (tertiary/aromatic N) is 1. The Morgan fingerprint density at radius 3 is 2.61 bits per heavy atom. The van der Waals surface area contributed by atoms with Crippen LogP contribution >= 0.6 is 11.6 Å². The average Bonchev–Trinajstić information content (AvgIpc) is 3.29. The lowest BCUT2D eigenvalue weighted by Crippen LogP contribution is -2.49. The van der Waals surface area contributed by atoms with Crippen molar-refractivity contribution < 1.29 is 14.3 Å². The van der Waals surface area contributed by atoms with Gasteiger partial charge in [-0.3, -0.25) is 9.59 Å². The predicted molar refractivity (Wildman–Crippen MR) is 123 cm³/mol. The summed E-state index contributed by atoms with van der Waals surface area (Å²) in [6.45, 7) is 2.15. The van der Waals surface area contributed by atoms with E-state index in [1.54, 1.807) is 18.9 Å². The second-order valence-electron chi connectivity index (χ2n) is 8.13. The number of halogens is 1. The fourth-order valence-corrected chi connectivity index (χ4v) is 4.26. The van der Waals surface area contributed by atoms with Crippen LogP contribution in [0, 0.1) is 0 Å². The molecule has 1 aliphatic carbocycles. The van der Waals surface area contributed by atoms with E-state index in [4.69, 9.17) is 16.3 Å². The number of carbonyl (C=O) groups is 2. The number of ether oxygens (including phenoxy) is 1. The SMILES string of the molecule is COc1cccc(CN(C(=O)CCc2ccccc2Cl)[C@@H](C)C(=O)NC2CCCC2)c1. The van der Waals surface area contributed by atoms with Crippen LogP contribution in [-0.2, 0) is 22.6 Å². The molecule has 0 bridgehead atoms. The topological polar surface area (TPSA) is 58.6 Å². The maximum Gasteiger partial charge on any atom is 0.242 e. The van der Waals surface area contributed by atoms with E-state index in [2.05, 4.69) is 5.32 Å². The molecule has 2 aromatic rings. The van der Waals surface area contributed by atoms with E-state index < -0.39 is 6.04 Å². The molecule has 0 spiro atoms. The van der Waals surface area contributed by atoms with Crippen molar-refractivity contribution in [3.8, 4) is 5.75 Å². The zero-order chi connectivity index (χ0) is 22.2. The molecule has 2 aromatic carbocycles. The van der Waals surface area contributed by atoms with Gasteiger partial charge in [-0.25, -0.2) is 0 Å². The second-order valence-corrected chi connectivity index (χ2v) is 8.54. The van der Waals surface area contributed by atoms with Crippen LogP contribution in [-0.4, -0.2) is 35.9 Å². The smallest absolute Gasteiger partial charge is 0.242 e. The molecule has 0 radical (unpaired) electrons. The summed E-state index contributed by atoms with van der Waals surface area (Å²) in [4.78, 5) is 27.8. The number of methoxy groups -OCH3 is 1. The molecule has 0 aromatic heterocycles. The first-order chi connectivity index (χ1) is 15.0. The minimum absolute atomic E-state index is 0.0724. The van der Waals surface area contributed by atoms with Gasteiger partial charge < -0.3 is 15.0 Å². The van der Waals surface area contributed by atoms with Crippen LogP contribution in [0.4, 0.5) is 0 Å². The number of hydrogen-bond donors (Lipinski definition) is 1. The normalized spacial score (nSPS) is 14.8. The molecule has 5 nitrogen and oxygen atoms in total. The van der Waals surface area contributed by atoms with Gasteiger partial charge in [-0.15, -0.1) is 0 Å². The summed E-state index contributed by atoms with van der Waals surface area (Å²) in [5, 5.41) is 3.78. The molecule has 3 rings (SSSR count). The molecular weight excluding hydrogens is 412 g/mol. The number of nitrogens with one attached hydrogen (secondary N) is 1. The highest BCUT2D eigenvalue weighted by atomic mass is 35.5. The summed E-state index contributed by atoms with van der Waals surface area (Å²) in [6, 6.07) is 14.8. The van der Waals surface area contributed by atoms with Crippen LogP contribution in [0.15, 0.2) is 48.5 Å². The molecule has 1 atom stereocenters. The molecule has 0 unspecified atom stereocenters. The Balaban J connectivity index is 1.73. The molecule has 6 heteroatoms. The zero-order valence-corrected chi connectivity index (χ0v) is 19.0. The van der Waals surface area contributed by atoms with E-state index in [9.17, 15) is 9.59 Å². The van der Waals surface area contributed by atoms with Crippen molar-refractivity contribution in [2.24, 2.45) is 0 Å². The Morgan fingerprint density at radius 1 is 1.16 bits per heavy atom. The molecule has 2 amide bonds. The number of rotatable bonds is 9. The van der Waals surface area contributed by atoms with Crippen LogP contribution in [0.2, 0.25) is 5.02 Å². The van der Waals surface area contributed by atoms with E-state index in [1.807, 2.05) is 48.5 Å². The lowest BCUT2D eigenvalue weighted by atomic mass is 10.1. The average molecular weight is 443 g/mol. The van der Waals surface area contributed by atoms with Crippen LogP contribution in [0.1, 0.15) is 50.2 Å². The van der Waals surface area contributed by atoms with Crippen LogP contribution < -0.4 is 10.1 Å². The number of carbonyl (C=O) groups excluding carboxylic acids is 2. The predicted octanol–water partition coefficient (Wildman–Crippen LogP) is 4.76. The Labute approximate surface area is 189 Å². The molecular formula is C25H31ClN2O3. The van der Waals surface area contributed by atoms with Crippen molar-refractivity contribution in [2.75, 3.05) is 7.11 Å². The zero-order valence-electron chi connectivity index (χ0n) is 18.3. The summed E-state index contributed by atoms with van der Waals surface area (Å²) < 4.78 is 5.31. The van der Waals surface area contributed by atoms with Crippen LogP contribution in [0.3, 0.4) is 0 Å². The minimum atomic E-state index is -0.564. The Morgan fingerprint density at radius 2 is 1.90 bits per heavy atom. The molecule has 0 saturated heterocycles. The summed E-state index contributed by atoms with van der Waals surface area (Å²) in [7, 11) is 1.61. The highest BCUT2D eigenvalue weighted by molar-refractivity contribution is 6.31. The first-order valence-electron chi connectivity index (χ1n) is 10.9. The summed E-state index contributed by atoms with van der Waals surface area (Å²) in [5.74, 6) is 0.557. The van der Waals surface area contributed by atoms with Gasteiger partial charge in [-0.2, -0.15) is 0 Å². The molecule has 1 aliphatic rings. The van der Waals surface area contributed by atoms with E-state index in [0.717, 1.165) is 42.6 Å². The van der Waals surface area contributed by atoms with Crippen molar-refractivity contribution in [1.29, 1.82) is 0 Å². The molecule has 1 saturated carbocycles. The number of benzene rings is 2. The van der Waals surface area contributed by atoms with E-state index >= 15 is 0 Å². The largest absolute Gasteiger partial charge is 0.497 e. The van der Waals surface area contributed by atoms with Gasteiger partial charge in [0.1, 0.15) is 11.8 Å². The van der Waals surface area contributed by atoms with Crippen molar-refractivity contribution in [3.63, 3.8) is 0 Å². The fourth-order valence-electron chi connectivity index (χ4n) is 4.03. The van der Waals surface area contributed by atoms with Gasteiger partial charge in [0.05, 0.1) is 7.11 Å². The summed E-state index contributed by atoms with van der Waals surface area (Å²) in [5.41, 5.74) is 1.85. The van der Waals surface area contributed by atoms with Crippen molar-refractivity contribution in [3.05, 3.63) is 64.7 Å². The Bertz CT molecular complexity index is 896. The van der Waals surface area contributed by atoms with Gasteiger partial charge in [0, 0.05) is 24.0 Å². The maximum atomic E-state index is 13.2. The van der Waals surface area contributed by atoms with Crippen LogP contribution in [0.25, 0.3) is 0 Å². The first kappa shape index (κ1) is 23.1. The molecule has 166 valence electrons. The lowest BCUT2D eigenvalue weighted by molar-refractivity contribution is -0.140. The Kier molecular flexibility index (Phi) is 8.35. The molecule has 31 heavy (non-hydrogen) atoms. The van der Waals surface area contributed by atoms with E-state index in [-0.39, 0.29) is 24.3 Å². The third-order valence-corrected chi connectivity index (χ3v) is 6.29. The first-order valence-corrected chi connectivity index (χ1v) is 11.3. The third kappa shape index (κ3) is 6.47. The summed E-state index contributed by atoms with van der Waals surface area (Å²) in [6.07, 6.45) is 5.12. The minimum Gasteiger partial charge on any atom is -0.497 e. The quantitative estimate of drug-likeness (QED) is 0.609. The van der Waals surface area contributed by atoms with Gasteiger partial charge in [0.25, 0.3) is 0 Å². The van der Waals surface area contributed by atoms with Gasteiger partial charge >= 0.3 is 0 Å². The number of hydrogen-bond acceptors (Lipinski definition) is 3. The molecule has 1 N–H and O–H groups in total. The molecule has 0 aliphatic heterocycles. The van der Waals surface area contributed by atoms with Crippen molar-refractivity contribution >= 4 is 23.4 Å². The third-order valence-electron chi connectivity index (χ3n) is 5.92. The van der Waals surface area contributed by atoms with E-state index in [0.29, 0.717) is 18.0 Å². The maximum absolute atomic E-state index is 13.2. The van der Waals surface area contributed by atoms with Crippen molar-refractivity contribution in [2.45, 2.75) is 64.1 Å². The lowest BCUT2D eigenvalue weighted by Gasteiger charge is -2.30. The fraction of sp³-hybridized carbons (Fsp3) is 0.440. The number of amides is 2. The second kappa shape index (κ2) is 11.2. The molecule has 1 fully saturated rings. The van der Waals surface area contributed by atoms with Crippen LogP contribution in [0.5, 0.6) is 5.75 Å². The monoisotopic (exact) mass is 442 g/mol. The summed E-state index contributed by atoms with van der Waals surface area (Å²) >= 11 is 6.26. The number of aryl methyl sites for hydroxylation is 1. The van der Waals surface area contributed by atoms with Crippen molar-refractivity contribution in [1.82, 2.24) is 10.2 Å². The van der Waals surface area contributed by atoms with Gasteiger partial charge in [-0.1, -0.05) is 54.8 Å². The van der Waals surface area contributed by atoms with Gasteiger partial charge in [0.15, 0.2) is 0 Å². The molecule has 0 heterocycles. The van der Waals surface area contributed by atoms with Gasteiger partial charge in [-0.05, 0) is 55.5 Å². The highest BCUT2D eigenvalue weighted by Gasteiger charge is 2.28. The standard InChI is InChI=1S/C25H31ClN2O3/c1-18(25(30)27-21-10-4-5-11-21)28(17-19-8-7-12-22(16-19)31-2)24(29)15-14-20-9-3-6-13-23(20)26/h3,6-9,12-13,16,18,21H,4-5,10-11,14-15,17H2,1-2H3,(H,27,30)/t18-/m0/s1. The van der Waals surface area contributed by atoms with E-state index in [1.165, 1.54) is 0 Å².